The number of hydrogen-bond donors (Lipinski definition) is 2. The quantitative estimate of drug-likeness (QED) is 0.424. The molecule has 3 N–H and O–H groups in total. The van der Waals surface area contributed by atoms with Crippen LogP contribution in [-0.4, -0.2) is 11.0 Å². The molecule has 0 saturated carbocycles. The zero-order valence-electron chi connectivity index (χ0n) is 13.9. The molecule has 0 aliphatic carbocycles. The maximum atomic E-state index is 12.7. The molecular weight excluding hydrogens is 324 g/mol. The summed E-state index contributed by atoms with van der Waals surface area (Å²) in [6.07, 6.45) is 1.93. The van der Waals surface area contributed by atoms with E-state index in [4.69, 9.17) is 10.5 Å². The van der Waals surface area contributed by atoms with Gasteiger partial charge in [0.2, 0.25) is 0 Å². The van der Waals surface area contributed by atoms with Crippen molar-refractivity contribution in [2.75, 3.05) is 5.73 Å². The average molecular weight is 340 g/mol. The number of hydrogen-bond acceptors (Lipinski definition) is 3. The van der Waals surface area contributed by atoms with Crippen LogP contribution in [0, 0.1) is 0 Å². The number of aromatic nitrogens is 1. The lowest BCUT2D eigenvalue weighted by Gasteiger charge is -2.29. The number of benzene rings is 3. The maximum Gasteiger partial charge on any atom is 0.340 e. The average Bonchev–Trinajstić information content (AvgIpc) is 3.23. The molecule has 26 heavy (non-hydrogen) atoms. The normalized spacial score (nSPS) is 18.7. The van der Waals surface area contributed by atoms with Crippen LogP contribution in [0.15, 0.2) is 79.0 Å². The zero-order valence-corrected chi connectivity index (χ0v) is 13.9. The Kier molecular flexibility index (Phi) is 2.97. The Bertz CT molecular complexity index is 1140. The number of ether oxygens (including phenoxy) is 1. The van der Waals surface area contributed by atoms with Crippen LogP contribution in [0.2, 0.25) is 0 Å². The van der Waals surface area contributed by atoms with Gasteiger partial charge in [-0.15, -0.1) is 0 Å². The molecule has 5 rings (SSSR count). The van der Waals surface area contributed by atoms with E-state index in [9.17, 15) is 4.79 Å². The molecule has 126 valence electrons. The zero-order chi connectivity index (χ0) is 17.7. The van der Waals surface area contributed by atoms with Crippen molar-refractivity contribution in [2.24, 2.45) is 0 Å². The number of fused-ring (bicyclic) bond motifs is 2. The van der Waals surface area contributed by atoms with E-state index in [0.717, 1.165) is 27.6 Å². The van der Waals surface area contributed by atoms with Gasteiger partial charge in [-0.05, 0) is 24.3 Å². The molecule has 4 nitrogen and oxygen atoms in total. The van der Waals surface area contributed by atoms with Crippen molar-refractivity contribution in [1.29, 1.82) is 0 Å². The molecule has 0 saturated heterocycles. The summed E-state index contributed by atoms with van der Waals surface area (Å²) in [5.74, 6) is -0.317. The lowest BCUT2D eigenvalue weighted by molar-refractivity contribution is 0.0256. The van der Waals surface area contributed by atoms with Crippen LogP contribution in [-0.2, 0) is 10.3 Å². The largest absolute Gasteiger partial charge is 0.440 e. The van der Waals surface area contributed by atoms with Crippen LogP contribution < -0.4 is 5.73 Å². The molecule has 0 fully saturated rings. The van der Waals surface area contributed by atoms with Crippen LogP contribution in [0.1, 0.15) is 27.0 Å². The van der Waals surface area contributed by atoms with Gasteiger partial charge < -0.3 is 15.5 Å². The number of H-pyrrole nitrogens is 1. The van der Waals surface area contributed by atoms with Crippen LogP contribution in [0.3, 0.4) is 0 Å². The van der Waals surface area contributed by atoms with E-state index < -0.39 is 5.60 Å². The number of carbonyl (C=O) groups is 1. The van der Waals surface area contributed by atoms with Gasteiger partial charge in [0.15, 0.2) is 5.60 Å². The van der Waals surface area contributed by atoms with Gasteiger partial charge in [0.1, 0.15) is 0 Å². The Morgan fingerprint density at radius 2 is 1.58 bits per heavy atom. The van der Waals surface area contributed by atoms with E-state index >= 15 is 0 Å². The van der Waals surface area contributed by atoms with Crippen molar-refractivity contribution in [1.82, 2.24) is 4.98 Å². The summed E-state index contributed by atoms with van der Waals surface area (Å²) in [4.78, 5) is 16.0. The van der Waals surface area contributed by atoms with Gasteiger partial charge in [0.25, 0.3) is 0 Å². The third kappa shape index (κ3) is 1.87. The minimum atomic E-state index is -0.999. The standard InChI is InChI=1S/C22H16N2O2/c23-15-11-9-14(10-12-15)22(18-7-3-1-6-17(18)21(25)26-22)19-13-24-20-8-4-2-5-16(19)20/h1-13,24H,23H2. The topological polar surface area (TPSA) is 68.1 Å². The Balaban J connectivity index is 1.89. The number of carbonyl (C=O) groups excluding carboxylic acids is 1. The molecular formula is C22H16N2O2. The molecule has 0 radical (unpaired) electrons. The summed E-state index contributed by atoms with van der Waals surface area (Å²) in [5, 5.41) is 1.02. The number of para-hydroxylation sites is 1. The Labute approximate surface area is 150 Å². The van der Waals surface area contributed by atoms with Crippen molar-refractivity contribution in [3.05, 3.63) is 101 Å². The summed E-state index contributed by atoms with van der Waals surface area (Å²) < 4.78 is 6.10. The van der Waals surface area contributed by atoms with Crippen LogP contribution in [0.25, 0.3) is 10.9 Å². The highest BCUT2D eigenvalue weighted by Crippen LogP contribution is 2.48. The smallest absolute Gasteiger partial charge is 0.340 e. The van der Waals surface area contributed by atoms with Gasteiger partial charge in [-0.2, -0.15) is 0 Å². The molecule has 0 bridgehead atoms. The maximum absolute atomic E-state index is 12.7. The molecule has 1 aliphatic rings. The fraction of sp³-hybridized carbons (Fsp3) is 0.0455. The highest BCUT2D eigenvalue weighted by Gasteiger charge is 2.49. The van der Waals surface area contributed by atoms with Crippen molar-refractivity contribution in [3.63, 3.8) is 0 Å². The number of rotatable bonds is 2. The van der Waals surface area contributed by atoms with E-state index in [2.05, 4.69) is 4.98 Å². The second-order valence-corrected chi connectivity index (χ2v) is 6.49. The molecule has 4 aromatic rings. The highest BCUT2D eigenvalue weighted by atomic mass is 16.6. The van der Waals surface area contributed by atoms with Crippen molar-refractivity contribution < 1.29 is 9.53 Å². The van der Waals surface area contributed by atoms with Crippen molar-refractivity contribution in [2.45, 2.75) is 5.60 Å². The van der Waals surface area contributed by atoms with Crippen LogP contribution in [0.5, 0.6) is 0 Å². The minimum absolute atomic E-state index is 0.317. The predicted molar refractivity (Wildman–Crippen MR) is 101 cm³/mol. The second-order valence-electron chi connectivity index (χ2n) is 6.49. The Morgan fingerprint density at radius 1 is 0.846 bits per heavy atom. The fourth-order valence-corrected chi connectivity index (χ4v) is 3.87. The minimum Gasteiger partial charge on any atom is -0.440 e. The molecule has 1 aliphatic heterocycles. The summed E-state index contributed by atoms with van der Waals surface area (Å²) in [6.45, 7) is 0. The number of aromatic amines is 1. The van der Waals surface area contributed by atoms with E-state index in [1.165, 1.54) is 0 Å². The molecule has 2 heterocycles. The first-order valence-corrected chi connectivity index (χ1v) is 8.45. The highest BCUT2D eigenvalue weighted by molar-refractivity contribution is 5.98. The predicted octanol–water partition coefficient (Wildman–Crippen LogP) is 4.21. The van der Waals surface area contributed by atoms with Gasteiger partial charge in [-0.3, -0.25) is 0 Å². The fourth-order valence-electron chi connectivity index (χ4n) is 3.87. The molecule has 4 heteroatoms. The first-order chi connectivity index (χ1) is 12.7. The summed E-state index contributed by atoms with van der Waals surface area (Å²) >= 11 is 0. The third-order valence-corrected chi connectivity index (χ3v) is 5.06. The molecule has 1 atom stereocenters. The third-order valence-electron chi connectivity index (χ3n) is 5.06. The number of cyclic esters (lactones) is 1. The van der Waals surface area contributed by atoms with Crippen molar-refractivity contribution >= 4 is 22.6 Å². The Hall–Kier alpha value is -3.53. The van der Waals surface area contributed by atoms with Gasteiger partial charge in [-0.25, -0.2) is 4.79 Å². The first-order valence-electron chi connectivity index (χ1n) is 8.45. The SMILES string of the molecule is Nc1ccc(C2(c3c[nH]c4ccccc34)OC(=O)c3ccccc32)cc1. The number of anilines is 1. The van der Waals surface area contributed by atoms with Gasteiger partial charge in [0, 0.05) is 39.5 Å². The number of nitrogens with one attached hydrogen (secondary N) is 1. The Morgan fingerprint density at radius 3 is 2.42 bits per heavy atom. The van der Waals surface area contributed by atoms with Crippen LogP contribution in [0.4, 0.5) is 5.69 Å². The second kappa shape index (κ2) is 5.23. The van der Waals surface area contributed by atoms with E-state index in [0.29, 0.717) is 11.3 Å². The molecule has 1 unspecified atom stereocenters. The van der Waals surface area contributed by atoms with Gasteiger partial charge in [0.05, 0.1) is 5.56 Å². The first kappa shape index (κ1) is 14.8. The molecule has 3 aromatic carbocycles. The summed E-state index contributed by atoms with van der Waals surface area (Å²) in [6, 6.07) is 23.1. The van der Waals surface area contributed by atoms with E-state index in [1.54, 1.807) is 0 Å². The number of nitrogen functional groups attached to an aromatic ring is 1. The molecule has 0 amide bonds. The summed E-state index contributed by atoms with van der Waals surface area (Å²) in [5.41, 5.74) is 9.77. The lowest BCUT2D eigenvalue weighted by Crippen LogP contribution is -2.29. The van der Waals surface area contributed by atoms with Gasteiger partial charge in [-0.1, -0.05) is 48.5 Å². The van der Waals surface area contributed by atoms with Gasteiger partial charge >= 0.3 is 5.97 Å². The van der Waals surface area contributed by atoms with E-state index in [-0.39, 0.29) is 5.97 Å². The molecule has 0 spiro atoms. The van der Waals surface area contributed by atoms with Crippen LogP contribution >= 0.6 is 0 Å². The number of nitrogens with two attached hydrogens (primary N) is 1. The monoisotopic (exact) mass is 340 g/mol. The van der Waals surface area contributed by atoms with Crippen molar-refractivity contribution in [3.8, 4) is 0 Å². The molecule has 1 aromatic heterocycles. The number of esters is 1. The van der Waals surface area contributed by atoms with E-state index in [1.807, 2.05) is 79.0 Å². The summed E-state index contributed by atoms with van der Waals surface area (Å²) in [7, 11) is 0. The lowest BCUT2D eigenvalue weighted by atomic mass is 9.80.